The smallest absolute Gasteiger partial charge is 0.241 e. The van der Waals surface area contributed by atoms with Crippen LogP contribution in [0.25, 0.3) is 0 Å². The van der Waals surface area contributed by atoms with Crippen LogP contribution in [0.2, 0.25) is 0 Å². The van der Waals surface area contributed by atoms with Crippen molar-refractivity contribution in [1.82, 2.24) is 5.32 Å². The zero-order valence-corrected chi connectivity index (χ0v) is 12.1. The second-order valence-electron chi connectivity index (χ2n) is 5.62. The number of aliphatic hydroxyl groups is 1. The van der Waals surface area contributed by atoms with Crippen LogP contribution >= 0.6 is 0 Å². The number of amides is 1. The Labute approximate surface area is 120 Å². The Morgan fingerprint density at radius 2 is 2.25 bits per heavy atom. The molecule has 1 aromatic carbocycles. The summed E-state index contributed by atoms with van der Waals surface area (Å²) in [7, 11) is 0. The van der Waals surface area contributed by atoms with Gasteiger partial charge >= 0.3 is 0 Å². The minimum Gasteiger partial charge on any atom is -0.396 e. The molecule has 1 heterocycles. The predicted octanol–water partition coefficient (Wildman–Crippen LogP) is 1.94. The molecule has 20 heavy (non-hydrogen) atoms. The highest BCUT2D eigenvalue weighted by Gasteiger charge is 2.22. The quantitative estimate of drug-likeness (QED) is 0.696. The van der Waals surface area contributed by atoms with Crippen molar-refractivity contribution in [3.63, 3.8) is 0 Å². The molecule has 4 nitrogen and oxygen atoms in total. The van der Waals surface area contributed by atoms with Gasteiger partial charge in [0.05, 0.1) is 6.04 Å². The van der Waals surface area contributed by atoms with Crippen LogP contribution in [0.3, 0.4) is 0 Å². The molecule has 1 amide bonds. The molecule has 1 aliphatic heterocycles. The Balaban J connectivity index is 1.81. The minimum absolute atomic E-state index is 0.0603. The minimum atomic E-state index is -0.119. The molecule has 0 aromatic heterocycles. The fraction of sp³-hybridized carbons (Fsp3) is 0.562. The number of benzene rings is 1. The Bertz CT molecular complexity index is 448. The first-order valence-corrected chi connectivity index (χ1v) is 7.43. The van der Waals surface area contributed by atoms with E-state index < -0.39 is 0 Å². The molecule has 0 saturated heterocycles. The summed E-state index contributed by atoms with van der Waals surface area (Å²) in [6.07, 6.45) is 3.72. The number of rotatable bonds is 6. The highest BCUT2D eigenvalue weighted by Crippen LogP contribution is 2.21. The van der Waals surface area contributed by atoms with Crippen molar-refractivity contribution in [2.24, 2.45) is 5.92 Å². The van der Waals surface area contributed by atoms with E-state index in [9.17, 15) is 4.79 Å². The molecule has 2 rings (SSSR count). The third kappa shape index (κ3) is 4.05. The number of hydrogen-bond donors (Lipinski definition) is 3. The maximum absolute atomic E-state index is 12.1. The van der Waals surface area contributed by atoms with Gasteiger partial charge in [-0.05, 0) is 49.8 Å². The summed E-state index contributed by atoms with van der Waals surface area (Å²) in [6, 6.07) is 7.87. The molecular formula is C16H24N2O2. The van der Waals surface area contributed by atoms with Gasteiger partial charge in [-0.3, -0.25) is 4.79 Å². The van der Waals surface area contributed by atoms with Crippen molar-refractivity contribution in [2.45, 2.75) is 38.6 Å². The molecule has 2 unspecified atom stereocenters. The third-order valence-corrected chi connectivity index (χ3v) is 3.87. The zero-order chi connectivity index (χ0) is 14.4. The van der Waals surface area contributed by atoms with Gasteiger partial charge in [0.2, 0.25) is 5.91 Å². The van der Waals surface area contributed by atoms with E-state index in [1.807, 2.05) is 25.1 Å². The molecule has 0 bridgehead atoms. The van der Waals surface area contributed by atoms with Gasteiger partial charge in [0.1, 0.15) is 0 Å². The molecule has 1 aliphatic rings. The summed E-state index contributed by atoms with van der Waals surface area (Å²) in [6.45, 7) is 3.09. The molecule has 0 spiro atoms. The van der Waals surface area contributed by atoms with Crippen LogP contribution in [-0.4, -0.2) is 30.2 Å². The Kier molecular flexibility index (Phi) is 5.56. The van der Waals surface area contributed by atoms with Crippen LogP contribution in [0.15, 0.2) is 24.3 Å². The van der Waals surface area contributed by atoms with Crippen LogP contribution in [0, 0.1) is 5.92 Å². The van der Waals surface area contributed by atoms with Gasteiger partial charge in [-0.2, -0.15) is 0 Å². The summed E-state index contributed by atoms with van der Waals surface area (Å²) >= 11 is 0. The third-order valence-electron chi connectivity index (χ3n) is 3.87. The maximum Gasteiger partial charge on any atom is 0.241 e. The van der Waals surface area contributed by atoms with Crippen molar-refractivity contribution < 1.29 is 9.90 Å². The van der Waals surface area contributed by atoms with Crippen LogP contribution in [-0.2, 0) is 11.2 Å². The first kappa shape index (κ1) is 15.0. The molecule has 110 valence electrons. The van der Waals surface area contributed by atoms with Gasteiger partial charge in [-0.25, -0.2) is 0 Å². The average molecular weight is 276 g/mol. The van der Waals surface area contributed by atoms with Gasteiger partial charge in [0.25, 0.3) is 0 Å². The van der Waals surface area contributed by atoms with E-state index in [2.05, 4.69) is 16.7 Å². The van der Waals surface area contributed by atoms with Crippen molar-refractivity contribution in [1.29, 1.82) is 0 Å². The lowest BCUT2D eigenvalue weighted by Crippen LogP contribution is -2.40. The topological polar surface area (TPSA) is 61.4 Å². The van der Waals surface area contributed by atoms with Crippen LogP contribution in [0.5, 0.6) is 0 Å². The molecule has 1 aromatic rings. The highest BCUT2D eigenvalue weighted by molar-refractivity contribution is 5.96. The predicted molar refractivity (Wildman–Crippen MR) is 80.7 cm³/mol. The maximum atomic E-state index is 12.1. The molecule has 4 heteroatoms. The van der Waals surface area contributed by atoms with Crippen molar-refractivity contribution in [3.8, 4) is 0 Å². The monoisotopic (exact) mass is 276 g/mol. The first-order valence-electron chi connectivity index (χ1n) is 7.43. The van der Waals surface area contributed by atoms with E-state index in [-0.39, 0.29) is 18.6 Å². The fourth-order valence-corrected chi connectivity index (χ4v) is 2.52. The number of nitrogens with one attached hydrogen (secondary N) is 2. The fourth-order valence-electron chi connectivity index (χ4n) is 2.52. The van der Waals surface area contributed by atoms with Gasteiger partial charge in [0, 0.05) is 12.3 Å². The highest BCUT2D eigenvalue weighted by atomic mass is 16.3. The first-order chi connectivity index (χ1) is 9.70. The molecule has 0 aliphatic carbocycles. The number of carbonyl (C=O) groups excluding carboxylic acids is 1. The normalized spacial score (nSPS) is 19.9. The molecular weight excluding hydrogens is 252 g/mol. The lowest BCUT2D eigenvalue weighted by Gasteiger charge is -2.15. The Morgan fingerprint density at radius 3 is 3.05 bits per heavy atom. The number of carbonyl (C=O) groups is 1. The van der Waals surface area contributed by atoms with Crippen LogP contribution < -0.4 is 10.6 Å². The zero-order valence-electron chi connectivity index (χ0n) is 12.1. The van der Waals surface area contributed by atoms with E-state index in [1.54, 1.807) is 0 Å². The number of aliphatic hydroxyl groups excluding tert-OH is 1. The Hall–Kier alpha value is -1.39. The number of anilines is 1. The molecule has 3 N–H and O–H groups in total. The van der Waals surface area contributed by atoms with E-state index in [1.165, 1.54) is 5.56 Å². The Morgan fingerprint density at radius 1 is 1.45 bits per heavy atom. The summed E-state index contributed by atoms with van der Waals surface area (Å²) in [5, 5.41) is 15.3. The summed E-state index contributed by atoms with van der Waals surface area (Å²) in [5.74, 6) is 0.397. The summed E-state index contributed by atoms with van der Waals surface area (Å²) < 4.78 is 0. The average Bonchev–Trinajstić information content (AvgIpc) is 2.62. The largest absolute Gasteiger partial charge is 0.396 e. The molecule has 0 saturated carbocycles. The van der Waals surface area contributed by atoms with Crippen LogP contribution in [0.4, 0.5) is 5.69 Å². The number of hydrogen-bond acceptors (Lipinski definition) is 3. The van der Waals surface area contributed by atoms with Crippen molar-refractivity contribution >= 4 is 11.6 Å². The molecule has 2 atom stereocenters. The molecule has 0 radical (unpaired) electrons. The lowest BCUT2D eigenvalue weighted by molar-refractivity contribution is -0.118. The number of aryl methyl sites for hydroxylation is 1. The van der Waals surface area contributed by atoms with E-state index >= 15 is 0 Å². The van der Waals surface area contributed by atoms with Gasteiger partial charge in [-0.15, -0.1) is 0 Å². The van der Waals surface area contributed by atoms with E-state index in [4.69, 9.17) is 5.11 Å². The summed E-state index contributed by atoms with van der Waals surface area (Å²) in [4.78, 5) is 12.1. The number of fused-ring (bicyclic) bond motifs is 1. The number of para-hydroxylation sites is 1. The van der Waals surface area contributed by atoms with Gasteiger partial charge in [-0.1, -0.05) is 25.1 Å². The SMILES string of the molecule is CC(CO)CCCNC1CCc2ccccc2NC1=O. The van der Waals surface area contributed by atoms with Gasteiger partial charge in [0.15, 0.2) is 0 Å². The van der Waals surface area contributed by atoms with Gasteiger partial charge < -0.3 is 15.7 Å². The van der Waals surface area contributed by atoms with Crippen molar-refractivity contribution in [2.75, 3.05) is 18.5 Å². The van der Waals surface area contributed by atoms with E-state index in [0.717, 1.165) is 37.9 Å². The van der Waals surface area contributed by atoms with Crippen LogP contribution in [0.1, 0.15) is 31.7 Å². The molecule has 0 fully saturated rings. The lowest BCUT2D eigenvalue weighted by atomic mass is 10.0. The second kappa shape index (κ2) is 7.41. The standard InChI is InChI=1S/C16H24N2O2/c1-12(11-19)5-4-10-17-15-9-8-13-6-2-3-7-14(13)18-16(15)20/h2-3,6-7,12,15,17,19H,4-5,8-11H2,1H3,(H,18,20). The van der Waals surface area contributed by atoms with Crippen molar-refractivity contribution in [3.05, 3.63) is 29.8 Å². The van der Waals surface area contributed by atoms with E-state index in [0.29, 0.717) is 5.92 Å². The second-order valence-corrected chi connectivity index (χ2v) is 5.62. The summed E-state index contributed by atoms with van der Waals surface area (Å²) in [5.41, 5.74) is 2.15.